The highest BCUT2D eigenvalue weighted by Crippen LogP contribution is 2.29. The molecule has 0 radical (unpaired) electrons. The molecule has 3 rings (SSSR count). The number of carbonyl (C=O) groups excluding carboxylic acids is 4. The summed E-state index contributed by atoms with van der Waals surface area (Å²) in [6.07, 6.45) is -1.45. The molecule has 9 nitrogen and oxygen atoms in total. The van der Waals surface area contributed by atoms with E-state index in [-0.39, 0.29) is 13.0 Å². The molecule has 1 unspecified atom stereocenters. The molecule has 0 aliphatic carbocycles. The van der Waals surface area contributed by atoms with E-state index in [1.165, 1.54) is 31.3 Å². The number of carbonyl (C=O) groups is 4. The van der Waals surface area contributed by atoms with Gasteiger partial charge in [-0.25, -0.2) is 4.39 Å². The number of hydrogen-bond donors (Lipinski definition) is 2. The van der Waals surface area contributed by atoms with E-state index in [9.17, 15) is 23.6 Å². The van der Waals surface area contributed by atoms with Gasteiger partial charge in [-0.3, -0.25) is 19.2 Å². The van der Waals surface area contributed by atoms with Crippen LogP contribution in [0.2, 0.25) is 0 Å². The summed E-state index contributed by atoms with van der Waals surface area (Å²) in [5, 5.41) is 5.15. The van der Waals surface area contributed by atoms with Gasteiger partial charge in [-0.05, 0) is 36.4 Å². The molecule has 1 aliphatic heterocycles. The minimum absolute atomic E-state index is 0.293. The number of para-hydroxylation sites is 2. The second-order valence-corrected chi connectivity index (χ2v) is 6.76. The maximum Gasteiger partial charge on any atom is 0.310 e. The van der Waals surface area contributed by atoms with Gasteiger partial charge in [-0.15, -0.1) is 0 Å². The number of halogens is 1. The molecule has 0 saturated carbocycles. The number of likely N-dealkylation sites (N-methyl/N-ethyl adjacent to an activating group) is 1. The van der Waals surface area contributed by atoms with Gasteiger partial charge in [0.05, 0.1) is 18.7 Å². The van der Waals surface area contributed by atoms with Gasteiger partial charge in [-0.2, -0.15) is 0 Å². The second-order valence-electron chi connectivity index (χ2n) is 6.76. The highest BCUT2D eigenvalue weighted by Gasteiger charge is 2.30. The number of hydrogen-bond acceptors (Lipinski definition) is 6. The van der Waals surface area contributed by atoms with Crippen molar-refractivity contribution < 1.29 is 33.0 Å². The van der Waals surface area contributed by atoms with Gasteiger partial charge in [-0.1, -0.05) is 12.1 Å². The first-order chi connectivity index (χ1) is 14.8. The molecule has 0 aromatic heterocycles. The van der Waals surface area contributed by atoms with Crippen LogP contribution in [0.3, 0.4) is 0 Å². The summed E-state index contributed by atoms with van der Waals surface area (Å²) >= 11 is 0. The maximum absolute atomic E-state index is 12.9. The quantitative estimate of drug-likeness (QED) is 0.646. The molecule has 0 fully saturated rings. The number of fused-ring (bicyclic) bond motifs is 1. The van der Waals surface area contributed by atoms with Crippen LogP contribution in [-0.4, -0.2) is 54.9 Å². The van der Waals surface area contributed by atoms with Crippen molar-refractivity contribution in [1.29, 1.82) is 0 Å². The minimum Gasteiger partial charge on any atom is -0.478 e. The molecular formula is C21H20FN3O6. The Morgan fingerprint density at radius 3 is 2.61 bits per heavy atom. The largest absolute Gasteiger partial charge is 0.478 e. The van der Waals surface area contributed by atoms with Crippen LogP contribution in [0, 0.1) is 5.82 Å². The van der Waals surface area contributed by atoms with Crippen molar-refractivity contribution in [1.82, 2.24) is 4.90 Å². The Labute approximate surface area is 177 Å². The number of benzene rings is 2. The highest BCUT2D eigenvalue weighted by molar-refractivity contribution is 5.99. The molecule has 2 aromatic carbocycles. The SMILES string of the molecule is CN(CC(=O)Nc1ccc(F)cc1)C(=O)COC(=O)CC1Oc2ccccc2NC1=O. The zero-order chi connectivity index (χ0) is 22.4. The number of esters is 1. The van der Waals surface area contributed by atoms with Gasteiger partial charge in [0.1, 0.15) is 11.6 Å². The minimum atomic E-state index is -1.07. The van der Waals surface area contributed by atoms with E-state index in [0.29, 0.717) is 17.1 Å². The predicted molar refractivity (Wildman–Crippen MR) is 108 cm³/mol. The first-order valence-corrected chi connectivity index (χ1v) is 9.33. The smallest absolute Gasteiger partial charge is 0.310 e. The molecule has 1 heterocycles. The van der Waals surface area contributed by atoms with E-state index in [0.717, 1.165) is 4.90 Å². The van der Waals surface area contributed by atoms with Gasteiger partial charge in [0.25, 0.3) is 11.8 Å². The highest BCUT2D eigenvalue weighted by atomic mass is 19.1. The number of nitrogens with zero attached hydrogens (tertiary/aromatic N) is 1. The molecule has 1 atom stereocenters. The molecule has 162 valence electrons. The third-order valence-electron chi connectivity index (χ3n) is 4.35. The van der Waals surface area contributed by atoms with Crippen molar-refractivity contribution >= 4 is 35.1 Å². The van der Waals surface area contributed by atoms with E-state index >= 15 is 0 Å². The lowest BCUT2D eigenvalue weighted by molar-refractivity contribution is -0.154. The van der Waals surface area contributed by atoms with E-state index in [2.05, 4.69) is 10.6 Å². The fourth-order valence-electron chi connectivity index (χ4n) is 2.73. The zero-order valence-corrected chi connectivity index (χ0v) is 16.6. The van der Waals surface area contributed by atoms with E-state index in [4.69, 9.17) is 9.47 Å². The van der Waals surface area contributed by atoms with Crippen molar-refractivity contribution in [2.75, 3.05) is 30.8 Å². The lowest BCUT2D eigenvalue weighted by Crippen LogP contribution is -2.40. The third kappa shape index (κ3) is 6.01. The van der Waals surface area contributed by atoms with Crippen LogP contribution >= 0.6 is 0 Å². The lowest BCUT2D eigenvalue weighted by atomic mass is 10.1. The summed E-state index contributed by atoms with van der Waals surface area (Å²) < 4.78 is 23.3. The predicted octanol–water partition coefficient (Wildman–Crippen LogP) is 1.56. The van der Waals surface area contributed by atoms with Gasteiger partial charge >= 0.3 is 5.97 Å². The fourth-order valence-corrected chi connectivity index (χ4v) is 2.73. The number of amides is 3. The standard InChI is InChI=1S/C21H20FN3O6/c1-25(11-18(26)23-14-8-6-13(22)7-9-14)19(27)12-30-20(28)10-17-21(29)24-15-4-2-3-5-16(15)31-17/h2-9,17H,10-12H2,1H3,(H,23,26)(H,24,29). The average molecular weight is 429 g/mol. The first-order valence-electron chi connectivity index (χ1n) is 9.33. The van der Waals surface area contributed by atoms with Crippen LogP contribution in [0.15, 0.2) is 48.5 Å². The molecule has 1 aliphatic rings. The van der Waals surface area contributed by atoms with Crippen molar-refractivity contribution in [3.63, 3.8) is 0 Å². The molecule has 0 saturated heterocycles. The van der Waals surface area contributed by atoms with Crippen LogP contribution in [0.4, 0.5) is 15.8 Å². The molecule has 10 heteroatoms. The number of rotatable bonds is 7. The van der Waals surface area contributed by atoms with Crippen LogP contribution in [0.5, 0.6) is 5.75 Å². The average Bonchev–Trinajstić information content (AvgIpc) is 2.74. The topological polar surface area (TPSA) is 114 Å². The number of anilines is 2. The Bertz CT molecular complexity index is 995. The zero-order valence-electron chi connectivity index (χ0n) is 16.6. The molecule has 0 bridgehead atoms. The van der Waals surface area contributed by atoms with E-state index in [1.807, 2.05) is 0 Å². The fraction of sp³-hybridized carbons (Fsp3) is 0.238. The number of ether oxygens (including phenoxy) is 2. The Hall–Kier alpha value is -3.95. The van der Waals surface area contributed by atoms with E-state index in [1.54, 1.807) is 24.3 Å². The molecule has 2 aromatic rings. The Kier molecular flexibility index (Phi) is 6.81. The Morgan fingerprint density at radius 2 is 1.87 bits per heavy atom. The van der Waals surface area contributed by atoms with Gasteiger partial charge in [0.15, 0.2) is 12.7 Å². The van der Waals surface area contributed by atoms with Gasteiger partial charge in [0.2, 0.25) is 5.91 Å². The normalized spacial score (nSPS) is 14.5. The Balaban J connectivity index is 1.42. The van der Waals surface area contributed by atoms with Crippen molar-refractivity contribution in [3.05, 3.63) is 54.3 Å². The van der Waals surface area contributed by atoms with E-state index < -0.39 is 42.2 Å². The Morgan fingerprint density at radius 1 is 1.16 bits per heavy atom. The van der Waals surface area contributed by atoms with Crippen LogP contribution in [0.1, 0.15) is 6.42 Å². The summed E-state index contributed by atoms with van der Waals surface area (Å²) in [6.45, 7) is -0.886. The molecule has 3 amide bonds. The van der Waals surface area contributed by atoms with Crippen molar-refractivity contribution in [2.45, 2.75) is 12.5 Å². The van der Waals surface area contributed by atoms with Crippen LogP contribution < -0.4 is 15.4 Å². The summed E-state index contributed by atoms with van der Waals surface area (Å²) in [6, 6.07) is 12.0. The summed E-state index contributed by atoms with van der Waals surface area (Å²) in [4.78, 5) is 49.2. The summed E-state index contributed by atoms with van der Waals surface area (Å²) in [7, 11) is 1.37. The second kappa shape index (κ2) is 9.70. The van der Waals surface area contributed by atoms with Crippen molar-refractivity contribution in [3.8, 4) is 5.75 Å². The molecule has 0 spiro atoms. The first kappa shape index (κ1) is 21.8. The van der Waals surface area contributed by atoms with Crippen LogP contribution in [0.25, 0.3) is 0 Å². The lowest BCUT2D eigenvalue weighted by Gasteiger charge is -2.25. The summed E-state index contributed by atoms with van der Waals surface area (Å²) in [5.74, 6) is -2.40. The maximum atomic E-state index is 12.9. The number of nitrogens with one attached hydrogen (secondary N) is 2. The monoisotopic (exact) mass is 429 g/mol. The van der Waals surface area contributed by atoms with Crippen molar-refractivity contribution in [2.24, 2.45) is 0 Å². The van der Waals surface area contributed by atoms with Gasteiger partial charge < -0.3 is 25.0 Å². The summed E-state index contributed by atoms with van der Waals surface area (Å²) in [5.41, 5.74) is 0.888. The third-order valence-corrected chi connectivity index (χ3v) is 4.35. The van der Waals surface area contributed by atoms with Gasteiger partial charge in [0, 0.05) is 12.7 Å². The van der Waals surface area contributed by atoms with Crippen LogP contribution in [-0.2, 0) is 23.9 Å². The molecule has 31 heavy (non-hydrogen) atoms. The molecular weight excluding hydrogens is 409 g/mol. The molecule has 2 N–H and O–H groups in total.